The van der Waals surface area contributed by atoms with Crippen LogP contribution in [0.4, 0.5) is 4.79 Å². The summed E-state index contributed by atoms with van der Waals surface area (Å²) in [6.07, 6.45) is 0. The second-order valence-electron chi connectivity index (χ2n) is 0.943. The van der Waals surface area contributed by atoms with E-state index in [0.717, 1.165) is 0 Å². The fraction of sp³-hybridized carbons (Fsp3) is 0. The third-order valence-corrected chi connectivity index (χ3v) is 0.0900. The predicted octanol–water partition coefficient (Wildman–Crippen LogP) is -1.10. The molecule has 0 rings (SSSR count). The summed E-state index contributed by atoms with van der Waals surface area (Å²) in [5, 5.41) is 1.78. The van der Waals surface area contributed by atoms with Gasteiger partial charge in [0.1, 0.15) is 0 Å². The van der Waals surface area contributed by atoms with Gasteiger partial charge in [-0.15, -0.1) is 4.91 Å². The van der Waals surface area contributed by atoms with Crippen molar-refractivity contribution in [3.63, 3.8) is 0 Å². The minimum atomic E-state index is -4.64. The smallest absolute Gasteiger partial charge is 0.347 e. The van der Waals surface area contributed by atoms with Gasteiger partial charge in [-0.3, -0.25) is 0 Å². The molecule has 0 aromatic carbocycles. The first kappa shape index (κ1) is 11.9. The molecule has 0 aliphatic rings. The Balaban J connectivity index is 0. The fourth-order valence-corrected chi connectivity index (χ4v) is 0. The Morgan fingerprint density at radius 1 is 1.40 bits per heavy atom. The first-order valence-electron chi connectivity index (χ1n) is 1.68. The molecule has 0 saturated heterocycles. The zero-order valence-corrected chi connectivity index (χ0v) is 5.43. The third-order valence-electron chi connectivity index (χ3n) is 0.0900. The van der Waals surface area contributed by atoms with E-state index in [-0.39, 0.29) is 0 Å². The minimum absolute atomic E-state index is 1.18. The largest absolute Gasteiger partial charge is 0.466 e. The first-order chi connectivity index (χ1) is 4.27. The maximum Gasteiger partial charge on any atom is 0.466 e. The lowest BCUT2D eigenvalue weighted by atomic mass is 11.2. The Morgan fingerprint density at radius 3 is 1.50 bits per heavy atom. The minimum Gasteiger partial charge on any atom is -0.347 e. The molecule has 0 heterocycles. The second kappa shape index (κ2) is 5.00. The van der Waals surface area contributed by atoms with Crippen LogP contribution in [0.1, 0.15) is 0 Å². The number of nitrogens with two attached hydrogens (primary N) is 1. The summed E-state index contributed by atoms with van der Waals surface area (Å²) in [5.41, 5.74) is 4.17. The molecule has 60 valence electrons. The molecular formula is CH5N2O6P. The number of primary amides is 1. The summed E-state index contributed by atoms with van der Waals surface area (Å²) >= 11 is 0. The Morgan fingerprint density at radius 2 is 1.50 bits per heavy atom. The van der Waals surface area contributed by atoms with Gasteiger partial charge in [-0.1, -0.05) is 0 Å². The van der Waals surface area contributed by atoms with Gasteiger partial charge >= 0.3 is 13.9 Å². The van der Waals surface area contributed by atoms with Crippen LogP contribution in [-0.4, -0.2) is 20.7 Å². The number of urea groups is 1. The second-order valence-corrected chi connectivity index (χ2v) is 1.97. The van der Waals surface area contributed by atoms with Crippen LogP contribution >= 0.6 is 7.82 Å². The van der Waals surface area contributed by atoms with Gasteiger partial charge in [-0.25, -0.2) is 9.36 Å². The van der Waals surface area contributed by atoms with Crippen molar-refractivity contribution < 1.29 is 24.0 Å². The van der Waals surface area contributed by atoms with Crippen LogP contribution in [0.3, 0.4) is 0 Å². The molecule has 5 N–H and O–H groups in total. The molecule has 0 saturated carbocycles. The summed E-state index contributed by atoms with van der Waals surface area (Å²) in [5.74, 6) is 0. The highest BCUT2D eigenvalue weighted by Crippen LogP contribution is 2.25. The van der Waals surface area contributed by atoms with Crippen molar-refractivity contribution in [3.05, 3.63) is 4.91 Å². The maximum absolute atomic E-state index is 9.11. The number of amides is 2. The van der Waals surface area contributed by atoms with Crippen LogP contribution in [-0.2, 0) is 4.57 Å². The molecular weight excluding hydrogens is 167 g/mol. The molecule has 0 atom stereocenters. The lowest BCUT2D eigenvalue weighted by Gasteiger charge is -1.82. The number of hydrogen-bond acceptors (Lipinski definition) is 3. The van der Waals surface area contributed by atoms with Crippen molar-refractivity contribution in [3.8, 4) is 0 Å². The van der Waals surface area contributed by atoms with Crippen molar-refractivity contribution in [2.45, 2.75) is 0 Å². The number of phosphoric acid groups is 1. The van der Waals surface area contributed by atoms with Gasteiger partial charge in [-0.05, 0) is 0 Å². The van der Waals surface area contributed by atoms with Crippen LogP contribution in [0.5, 0.6) is 0 Å². The number of nitrogens with zero attached hydrogens (tertiary/aromatic N) is 1. The molecule has 0 radical (unpaired) electrons. The normalized spacial score (nSPS) is 9.10. The molecule has 0 fully saturated rings. The number of nitroso groups, excluding NO2 is 1. The molecule has 0 bridgehead atoms. The molecule has 0 spiro atoms. The van der Waals surface area contributed by atoms with Crippen molar-refractivity contribution in [2.75, 3.05) is 0 Å². The van der Waals surface area contributed by atoms with E-state index in [9.17, 15) is 0 Å². The molecule has 10 heavy (non-hydrogen) atoms. The van der Waals surface area contributed by atoms with E-state index in [2.05, 4.69) is 5.73 Å². The lowest BCUT2D eigenvalue weighted by molar-refractivity contribution is 0.256. The number of carbonyl (C=O) groups is 1. The Labute approximate surface area is 54.9 Å². The molecule has 0 aromatic heterocycles. The highest BCUT2D eigenvalue weighted by Gasteiger charge is 2.00. The highest BCUT2D eigenvalue weighted by molar-refractivity contribution is 7.45. The van der Waals surface area contributed by atoms with E-state index in [4.69, 9.17) is 28.9 Å². The molecule has 9 heteroatoms. The van der Waals surface area contributed by atoms with E-state index >= 15 is 0 Å². The number of carbonyl (C=O) groups excluding carboxylic acids is 1. The van der Waals surface area contributed by atoms with Gasteiger partial charge in [0.2, 0.25) is 0 Å². The van der Waals surface area contributed by atoms with Crippen LogP contribution < -0.4 is 5.73 Å². The van der Waals surface area contributed by atoms with Crippen molar-refractivity contribution in [1.82, 2.24) is 0 Å². The van der Waals surface area contributed by atoms with E-state index in [1.807, 2.05) is 0 Å². The topological polar surface area (TPSA) is 150 Å². The monoisotopic (exact) mass is 172 g/mol. The summed E-state index contributed by atoms with van der Waals surface area (Å²) in [7, 11) is -4.64. The van der Waals surface area contributed by atoms with Crippen LogP contribution in [0, 0.1) is 4.91 Å². The van der Waals surface area contributed by atoms with Gasteiger partial charge in [-0.2, -0.15) is 0 Å². The van der Waals surface area contributed by atoms with Crippen LogP contribution in [0.15, 0.2) is 5.18 Å². The molecule has 2 amide bonds. The average molecular weight is 172 g/mol. The lowest BCUT2D eigenvalue weighted by Crippen LogP contribution is -2.01. The Bertz CT molecular complexity index is 151. The number of hydrogen-bond donors (Lipinski definition) is 4. The molecule has 8 nitrogen and oxygen atoms in total. The summed E-state index contributed by atoms with van der Waals surface area (Å²) in [6, 6.07) is -1.18. The highest BCUT2D eigenvalue weighted by atomic mass is 31.2. The molecule has 0 unspecified atom stereocenters. The standard InChI is InChI=1S/CH2N2O2.H3O4P/c2-1(4)3-5;1-5(2,3)4/h(H2,2,4);(H3,1,2,3,4). The molecule has 0 aliphatic carbocycles. The average Bonchev–Trinajstić information content (AvgIpc) is 1.61. The maximum atomic E-state index is 9.11. The zero-order valence-electron chi connectivity index (χ0n) is 4.54. The van der Waals surface area contributed by atoms with Gasteiger partial charge in [0, 0.05) is 5.18 Å². The molecule has 0 aliphatic heterocycles. The summed E-state index contributed by atoms with van der Waals surface area (Å²) < 4.78 is 8.88. The van der Waals surface area contributed by atoms with E-state index in [1.54, 1.807) is 5.18 Å². The van der Waals surface area contributed by atoms with Gasteiger partial charge in [0.25, 0.3) is 0 Å². The predicted molar refractivity (Wildman–Crippen MR) is 29.6 cm³/mol. The van der Waals surface area contributed by atoms with Crippen molar-refractivity contribution in [1.29, 1.82) is 0 Å². The van der Waals surface area contributed by atoms with Gasteiger partial charge < -0.3 is 20.4 Å². The van der Waals surface area contributed by atoms with E-state index in [1.165, 1.54) is 0 Å². The van der Waals surface area contributed by atoms with Crippen molar-refractivity contribution in [2.24, 2.45) is 10.9 Å². The van der Waals surface area contributed by atoms with E-state index in [0.29, 0.717) is 0 Å². The van der Waals surface area contributed by atoms with Gasteiger partial charge in [0.05, 0.1) is 0 Å². The Kier molecular flexibility index (Phi) is 5.96. The summed E-state index contributed by atoms with van der Waals surface area (Å²) in [6.45, 7) is 0. The Hall–Kier alpha value is -0.820. The SMILES string of the molecule is NC(=O)N=O.O=P(O)(O)O. The summed E-state index contributed by atoms with van der Waals surface area (Å²) in [4.78, 5) is 39.5. The number of rotatable bonds is 0. The van der Waals surface area contributed by atoms with Gasteiger partial charge in [0.15, 0.2) is 0 Å². The third kappa shape index (κ3) is 197. The van der Waals surface area contributed by atoms with Crippen molar-refractivity contribution >= 4 is 13.9 Å². The first-order valence-corrected chi connectivity index (χ1v) is 3.25. The quantitative estimate of drug-likeness (QED) is 0.269. The van der Waals surface area contributed by atoms with Crippen LogP contribution in [0.25, 0.3) is 0 Å². The fourth-order valence-electron chi connectivity index (χ4n) is 0. The molecule has 0 aromatic rings. The zero-order chi connectivity index (χ0) is 8.78. The van der Waals surface area contributed by atoms with E-state index < -0.39 is 13.9 Å². The van der Waals surface area contributed by atoms with Crippen LogP contribution in [0.2, 0.25) is 0 Å².